The first kappa shape index (κ1) is 14.9. The highest BCUT2D eigenvalue weighted by molar-refractivity contribution is 4.99. The molecule has 15 heavy (non-hydrogen) atoms. The molecule has 1 N–H and O–H groups in total. The molecule has 92 valence electrons. The maximum Gasteiger partial charge on any atom is 0.0145 e. The van der Waals surface area contributed by atoms with Gasteiger partial charge in [-0.15, -0.1) is 0 Å². The van der Waals surface area contributed by atoms with Gasteiger partial charge in [0.05, 0.1) is 0 Å². The van der Waals surface area contributed by atoms with Gasteiger partial charge >= 0.3 is 0 Å². The summed E-state index contributed by atoms with van der Waals surface area (Å²) in [5, 5.41) is 3.69. The van der Waals surface area contributed by atoms with Crippen LogP contribution >= 0.6 is 0 Å². The van der Waals surface area contributed by atoms with Crippen molar-refractivity contribution in [3.63, 3.8) is 0 Å². The standard InChI is InChI=1S/C11H24N2.C2H6/c1-10(2)7-9(13(5)6)8-11(3,4)12-10;1-2/h9,12H,7-8H2,1-6H3;1-2H3. The first-order valence-electron chi connectivity index (χ1n) is 6.18. The van der Waals surface area contributed by atoms with Crippen LogP contribution in [-0.2, 0) is 0 Å². The second kappa shape index (κ2) is 5.31. The normalized spacial score (nSPS) is 24.6. The zero-order chi connectivity index (χ0) is 12.3. The molecule has 1 aliphatic heterocycles. The molecule has 0 radical (unpaired) electrons. The molecule has 1 fully saturated rings. The lowest BCUT2D eigenvalue weighted by molar-refractivity contribution is 0.0953. The highest BCUT2D eigenvalue weighted by Gasteiger charge is 2.38. The van der Waals surface area contributed by atoms with Gasteiger partial charge in [0.1, 0.15) is 0 Å². The molecule has 1 rings (SSSR count). The van der Waals surface area contributed by atoms with Crippen molar-refractivity contribution in [2.45, 2.75) is 71.5 Å². The van der Waals surface area contributed by atoms with Crippen molar-refractivity contribution in [3.8, 4) is 0 Å². The third-order valence-corrected chi connectivity index (χ3v) is 2.90. The van der Waals surface area contributed by atoms with Crippen LogP contribution in [0.15, 0.2) is 0 Å². The molecule has 1 saturated heterocycles. The Hall–Kier alpha value is -0.0800. The van der Waals surface area contributed by atoms with Crippen molar-refractivity contribution in [1.82, 2.24) is 10.2 Å². The van der Waals surface area contributed by atoms with Crippen LogP contribution < -0.4 is 5.32 Å². The minimum Gasteiger partial charge on any atom is -0.307 e. The topological polar surface area (TPSA) is 15.3 Å². The summed E-state index contributed by atoms with van der Waals surface area (Å²) in [7, 11) is 4.37. The molecule has 1 aliphatic rings. The molecule has 0 aromatic rings. The second-order valence-corrected chi connectivity index (χ2v) is 5.92. The predicted molar refractivity (Wildman–Crippen MR) is 69.4 cm³/mol. The smallest absolute Gasteiger partial charge is 0.0145 e. The summed E-state index contributed by atoms with van der Waals surface area (Å²) < 4.78 is 0. The van der Waals surface area contributed by atoms with Crippen LogP contribution in [-0.4, -0.2) is 36.1 Å². The molecule has 2 nitrogen and oxygen atoms in total. The Morgan fingerprint density at radius 3 is 1.53 bits per heavy atom. The number of nitrogens with one attached hydrogen (secondary N) is 1. The van der Waals surface area contributed by atoms with E-state index in [1.807, 2.05) is 13.8 Å². The third kappa shape index (κ3) is 4.98. The second-order valence-electron chi connectivity index (χ2n) is 5.92. The van der Waals surface area contributed by atoms with E-state index >= 15 is 0 Å². The Morgan fingerprint density at radius 2 is 1.27 bits per heavy atom. The molecule has 0 aromatic heterocycles. The van der Waals surface area contributed by atoms with Crippen LogP contribution in [0.5, 0.6) is 0 Å². The average molecular weight is 214 g/mol. The average Bonchev–Trinajstić information content (AvgIpc) is 2.02. The van der Waals surface area contributed by atoms with E-state index in [-0.39, 0.29) is 11.1 Å². The maximum atomic E-state index is 3.69. The molecular formula is C13H30N2. The summed E-state index contributed by atoms with van der Waals surface area (Å²) in [6.45, 7) is 13.2. The minimum atomic E-state index is 0.274. The van der Waals surface area contributed by atoms with E-state index in [0.717, 1.165) is 0 Å². The van der Waals surface area contributed by atoms with Gasteiger partial charge in [0.2, 0.25) is 0 Å². The Bertz CT molecular complexity index is 167. The Kier molecular flexibility index (Phi) is 5.28. The van der Waals surface area contributed by atoms with Crippen molar-refractivity contribution in [2.75, 3.05) is 14.1 Å². The molecule has 2 heteroatoms. The van der Waals surface area contributed by atoms with Gasteiger partial charge in [0.25, 0.3) is 0 Å². The fourth-order valence-electron chi connectivity index (χ4n) is 2.63. The number of nitrogens with zero attached hydrogens (tertiary/aromatic N) is 1. The van der Waals surface area contributed by atoms with Gasteiger partial charge in [-0.2, -0.15) is 0 Å². The zero-order valence-electron chi connectivity index (χ0n) is 11.9. The molecule has 0 bridgehead atoms. The SMILES string of the molecule is CC.CN(C)C1CC(C)(C)NC(C)(C)C1. The Balaban J connectivity index is 0.000000921. The molecule has 0 aromatic carbocycles. The van der Waals surface area contributed by atoms with Gasteiger partial charge in [0, 0.05) is 17.1 Å². The van der Waals surface area contributed by atoms with Gasteiger partial charge in [-0.1, -0.05) is 13.8 Å². The van der Waals surface area contributed by atoms with Crippen LogP contribution in [0.4, 0.5) is 0 Å². The van der Waals surface area contributed by atoms with Crippen LogP contribution in [0.2, 0.25) is 0 Å². The van der Waals surface area contributed by atoms with Crippen LogP contribution in [0, 0.1) is 0 Å². The lowest BCUT2D eigenvalue weighted by atomic mass is 9.79. The van der Waals surface area contributed by atoms with Crippen molar-refractivity contribution >= 4 is 0 Å². The zero-order valence-corrected chi connectivity index (χ0v) is 11.9. The van der Waals surface area contributed by atoms with Gasteiger partial charge in [0.15, 0.2) is 0 Å². The van der Waals surface area contributed by atoms with Crippen molar-refractivity contribution in [2.24, 2.45) is 0 Å². The number of hydrogen-bond donors (Lipinski definition) is 1. The monoisotopic (exact) mass is 214 g/mol. The number of rotatable bonds is 1. The largest absolute Gasteiger partial charge is 0.307 e. The lowest BCUT2D eigenvalue weighted by Crippen LogP contribution is -2.61. The lowest BCUT2D eigenvalue weighted by Gasteiger charge is -2.48. The maximum absolute atomic E-state index is 3.69. The summed E-state index contributed by atoms with van der Waals surface area (Å²) >= 11 is 0. The van der Waals surface area contributed by atoms with Gasteiger partial charge < -0.3 is 10.2 Å². The van der Waals surface area contributed by atoms with E-state index in [1.54, 1.807) is 0 Å². The summed E-state index contributed by atoms with van der Waals surface area (Å²) in [5.74, 6) is 0. The summed E-state index contributed by atoms with van der Waals surface area (Å²) in [6, 6.07) is 0.714. The highest BCUT2D eigenvalue weighted by Crippen LogP contribution is 2.30. The van der Waals surface area contributed by atoms with Gasteiger partial charge in [-0.25, -0.2) is 0 Å². The van der Waals surface area contributed by atoms with Crippen molar-refractivity contribution in [3.05, 3.63) is 0 Å². The van der Waals surface area contributed by atoms with E-state index in [2.05, 4.69) is 52.0 Å². The fourth-order valence-corrected chi connectivity index (χ4v) is 2.63. The first-order chi connectivity index (χ1) is 6.72. The molecule has 0 atom stereocenters. The van der Waals surface area contributed by atoms with Crippen LogP contribution in [0.25, 0.3) is 0 Å². The highest BCUT2D eigenvalue weighted by atomic mass is 15.1. The quantitative estimate of drug-likeness (QED) is 0.722. The van der Waals surface area contributed by atoms with E-state index < -0.39 is 0 Å². The van der Waals surface area contributed by atoms with E-state index in [1.165, 1.54) is 12.8 Å². The molecule has 0 amide bonds. The van der Waals surface area contributed by atoms with E-state index in [0.29, 0.717) is 6.04 Å². The van der Waals surface area contributed by atoms with Crippen LogP contribution in [0.1, 0.15) is 54.4 Å². The fraction of sp³-hybridized carbons (Fsp3) is 1.00. The molecular weight excluding hydrogens is 184 g/mol. The predicted octanol–water partition coefficient (Wildman–Crippen LogP) is 2.88. The summed E-state index contributed by atoms with van der Waals surface area (Å²) in [6.07, 6.45) is 2.48. The molecule has 0 unspecified atom stereocenters. The minimum absolute atomic E-state index is 0.274. The third-order valence-electron chi connectivity index (χ3n) is 2.90. The Morgan fingerprint density at radius 1 is 0.933 bits per heavy atom. The van der Waals surface area contributed by atoms with Crippen molar-refractivity contribution in [1.29, 1.82) is 0 Å². The first-order valence-corrected chi connectivity index (χ1v) is 6.18. The van der Waals surface area contributed by atoms with E-state index in [4.69, 9.17) is 0 Å². The summed E-state index contributed by atoms with van der Waals surface area (Å²) in [5.41, 5.74) is 0.549. The van der Waals surface area contributed by atoms with E-state index in [9.17, 15) is 0 Å². The number of piperidine rings is 1. The molecule has 0 saturated carbocycles. The van der Waals surface area contributed by atoms with Crippen molar-refractivity contribution < 1.29 is 0 Å². The number of hydrogen-bond acceptors (Lipinski definition) is 2. The van der Waals surface area contributed by atoms with Crippen LogP contribution in [0.3, 0.4) is 0 Å². The van der Waals surface area contributed by atoms with Gasteiger partial charge in [-0.05, 0) is 54.6 Å². The molecule has 0 spiro atoms. The summed E-state index contributed by atoms with van der Waals surface area (Å²) in [4.78, 5) is 2.35. The molecule has 1 heterocycles. The van der Waals surface area contributed by atoms with Gasteiger partial charge in [-0.3, -0.25) is 0 Å². The Labute approximate surface area is 96.4 Å². The molecule has 0 aliphatic carbocycles.